The normalized spacial score (nSPS) is 27.7. The van der Waals surface area contributed by atoms with Gasteiger partial charge in [-0.05, 0) is 38.5 Å². The van der Waals surface area contributed by atoms with Gasteiger partial charge in [0.1, 0.15) is 0 Å². The fourth-order valence-electron chi connectivity index (χ4n) is 2.71. The Bertz CT molecular complexity index is 647. The number of hydrogen-bond donors (Lipinski definition) is 0. The maximum Gasteiger partial charge on any atom is 0.712 e. The van der Waals surface area contributed by atoms with Gasteiger partial charge in [-0.25, -0.2) is 0 Å². The standard InChI is InChI=1S/C11H14N4O8/c1-7-6-10(4,12(16)17)8(2)5-9(7,3)11(13(18)19,14(20)21)15(22)23/h5-6H,1-4H3/t9-,10+/m1/s1. The van der Waals surface area contributed by atoms with E-state index in [-0.39, 0.29) is 11.1 Å². The first-order chi connectivity index (χ1) is 10.3. The Morgan fingerprint density at radius 1 is 0.826 bits per heavy atom. The van der Waals surface area contributed by atoms with Crippen molar-refractivity contribution in [1.82, 2.24) is 0 Å². The van der Waals surface area contributed by atoms with Crippen molar-refractivity contribution >= 4 is 0 Å². The van der Waals surface area contributed by atoms with Crippen molar-refractivity contribution in [1.29, 1.82) is 0 Å². The number of nitrogens with zero attached hydrogens (tertiary/aromatic N) is 4. The number of nitro groups is 4. The first-order valence-electron chi connectivity index (χ1n) is 6.26. The Morgan fingerprint density at radius 2 is 1.22 bits per heavy atom. The van der Waals surface area contributed by atoms with Gasteiger partial charge in [0.15, 0.2) is 14.8 Å². The highest BCUT2D eigenvalue weighted by atomic mass is 16.7. The van der Waals surface area contributed by atoms with Gasteiger partial charge in [-0.15, -0.1) is 0 Å². The first kappa shape index (κ1) is 18.1. The van der Waals surface area contributed by atoms with Gasteiger partial charge in [-0.2, -0.15) is 0 Å². The van der Waals surface area contributed by atoms with Gasteiger partial charge in [0, 0.05) is 17.4 Å². The van der Waals surface area contributed by atoms with E-state index in [0.29, 0.717) is 0 Å². The topological polar surface area (TPSA) is 173 Å². The molecule has 1 aliphatic rings. The van der Waals surface area contributed by atoms with Gasteiger partial charge in [-0.3, -0.25) is 40.5 Å². The van der Waals surface area contributed by atoms with Crippen molar-refractivity contribution in [2.24, 2.45) is 5.41 Å². The number of hydrogen-bond acceptors (Lipinski definition) is 8. The quantitative estimate of drug-likeness (QED) is 0.315. The van der Waals surface area contributed by atoms with E-state index in [9.17, 15) is 40.5 Å². The molecule has 0 aromatic heterocycles. The summed E-state index contributed by atoms with van der Waals surface area (Å²) in [6.07, 6.45) is 1.85. The van der Waals surface area contributed by atoms with E-state index < -0.39 is 36.4 Å². The summed E-state index contributed by atoms with van der Waals surface area (Å²) < 4.78 is 0. The minimum Gasteiger partial charge on any atom is -0.263 e. The fraction of sp³-hybridized carbons (Fsp3) is 0.636. The molecule has 0 saturated heterocycles. The van der Waals surface area contributed by atoms with E-state index in [1.165, 1.54) is 13.8 Å². The summed E-state index contributed by atoms with van der Waals surface area (Å²) in [7, 11) is 0. The van der Waals surface area contributed by atoms with Gasteiger partial charge < -0.3 is 0 Å². The Labute approximate surface area is 129 Å². The Kier molecular flexibility index (Phi) is 4.00. The molecule has 0 heterocycles. The molecule has 0 bridgehead atoms. The average Bonchev–Trinajstić information content (AvgIpc) is 2.35. The average molecular weight is 330 g/mol. The summed E-state index contributed by atoms with van der Waals surface area (Å²) >= 11 is 0. The van der Waals surface area contributed by atoms with Gasteiger partial charge in [0.05, 0.1) is 0 Å². The molecule has 126 valence electrons. The molecule has 12 nitrogen and oxygen atoms in total. The van der Waals surface area contributed by atoms with Crippen LogP contribution in [0.5, 0.6) is 0 Å². The van der Waals surface area contributed by atoms with Crippen LogP contribution in [-0.4, -0.2) is 31.0 Å². The van der Waals surface area contributed by atoms with Crippen LogP contribution in [-0.2, 0) is 0 Å². The molecular weight excluding hydrogens is 316 g/mol. The van der Waals surface area contributed by atoms with Crippen molar-refractivity contribution in [2.45, 2.75) is 39.0 Å². The van der Waals surface area contributed by atoms with E-state index in [1.54, 1.807) is 0 Å². The maximum absolute atomic E-state index is 11.3. The molecule has 0 aromatic carbocycles. The minimum absolute atomic E-state index is 0.0643. The zero-order valence-corrected chi connectivity index (χ0v) is 12.7. The van der Waals surface area contributed by atoms with E-state index in [1.807, 2.05) is 0 Å². The molecule has 0 aromatic rings. The van der Waals surface area contributed by atoms with Gasteiger partial charge in [-0.1, -0.05) is 0 Å². The van der Waals surface area contributed by atoms with Crippen molar-refractivity contribution in [3.63, 3.8) is 0 Å². The van der Waals surface area contributed by atoms with Crippen molar-refractivity contribution in [3.8, 4) is 0 Å². The van der Waals surface area contributed by atoms with Crippen LogP contribution in [0.1, 0.15) is 27.7 Å². The number of rotatable bonds is 5. The molecule has 0 fully saturated rings. The summed E-state index contributed by atoms with van der Waals surface area (Å²) in [6.45, 7) is 4.56. The highest BCUT2D eigenvalue weighted by Crippen LogP contribution is 2.48. The second kappa shape index (κ2) is 5.07. The van der Waals surface area contributed by atoms with Crippen LogP contribution in [0.4, 0.5) is 0 Å². The van der Waals surface area contributed by atoms with Crippen LogP contribution in [0, 0.1) is 45.9 Å². The predicted molar refractivity (Wildman–Crippen MR) is 74.7 cm³/mol. The molecule has 1 aliphatic carbocycles. The lowest BCUT2D eigenvalue weighted by atomic mass is 9.68. The molecule has 2 atom stereocenters. The van der Waals surface area contributed by atoms with Crippen LogP contribution in [0.3, 0.4) is 0 Å². The van der Waals surface area contributed by atoms with Gasteiger partial charge >= 0.3 is 5.79 Å². The Hall–Kier alpha value is -2.92. The zero-order valence-electron chi connectivity index (χ0n) is 12.7. The third-order valence-electron chi connectivity index (χ3n) is 4.46. The molecule has 0 spiro atoms. The smallest absolute Gasteiger partial charge is 0.263 e. The van der Waals surface area contributed by atoms with Crippen molar-refractivity contribution in [2.75, 3.05) is 0 Å². The van der Waals surface area contributed by atoms with E-state index in [4.69, 9.17) is 0 Å². The lowest BCUT2D eigenvalue weighted by Gasteiger charge is -2.33. The van der Waals surface area contributed by atoms with E-state index in [0.717, 1.165) is 26.0 Å². The SMILES string of the molecule is CC1=C[C@@](C)(C([N+](=O)[O-])([N+](=O)[O-])[N+](=O)[O-])C(C)=C[C@]1(C)[N+](=O)[O-]. The predicted octanol–water partition coefficient (Wildman–Crippen LogP) is 1.42. The summed E-state index contributed by atoms with van der Waals surface area (Å²) in [4.78, 5) is 39.7. The molecule has 0 unspecified atom stereocenters. The van der Waals surface area contributed by atoms with E-state index >= 15 is 0 Å². The second-order valence-corrected chi connectivity index (χ2v) is 5.67. The molecule has 23 heavy (non-hydrogen) atoms. The lowest BCUT2D eigenvalue weighted by molar-refractivity contribution is -0.982. The molecular formula is C11H14N4O8. The van der Waals surface area contributed by atoms with Crippen molar-refractivity contribution < 1.29 is 19.7 Å². The summed E-state index contributed by atoms with van der Waals surface area (Å²) in [5.41, 5.74) is -4.29. The second-order valence-electron chi connectivity index (χ2n) is 5.67. The molecule has 0 N–H and O–H groups in total. The van der Waals surface area contributed by atoms with Crippen LogP contribution < -0.4 is 0 Å². The molecule has 0 radical (unpaired) electrons. The van der Waals surface area contributed by atoms with Gasteiger partial charge in [0.25, 0.3) is 5.54 Å². The third-order valence-corrected chi connectivity index (χ3v) is 4.46. The molecule has 0 aliphatic heterocycles. The molecule has 12 heteroatoms. The molecule has 0 amide bonds. The molecule has 1 rings (SSSR count). The Balaban J connectivity index is 3.83. The largest absolute Gasteiger partial charge is 0.712 e. The lowest BCUT2D eigenvalue weighted by Crippen LogP contribution is -2.64. The maximum atomic E-state index is 11.3. The highest BCUT2D eigenvalue weighted by molar-refractivity contribution is 5.38. The highest BCUT2D eigenvalue weighted by Gasteiger charge is 2.83. The van der Waals surface area contributed by atoms with Crippen LogP contribution in [0.2, 0.25) is 0 Å². The Morgan fingerprint density at radius 3 is 1.52 bits per heavy atom. The monoisotopic (exact) mass is 330 g/mol. The van der Waals surface area contributed by atoms with E-state index in [2.05, 4.69) is 0 Å². The van der Waals surface area contributed by atoms with Gasteiger partial charge in [0.2, 0.25) is 5.41 Å². The summed E-state index contributed by atoms with van der Waals surface area (Å²) in [5.74, 6) is -3.78. The van der Waals surface area contributed by atoms with Crippen LogP contribution in [0.25, 0.3) is 0 Å². The fourth-order valence-corrected chi connectivity index (χ4v) is 2.71. The van der Waals surface area contributed by atoms with Crippen molar-refractivity contribution in [3.05, 3.63) is 63.8 Å². The summed E-state index contributed by atoms with van der Waals surface area (Å²) in [5, 5.41) is 45.1. The van der Waals surface area contributed by atoms with Crippen LogP contribution >= 0.6 is 0 Å². The minimum atomic E-state index is -3.78. The first-order valence-corrected chi connectivity index (χ1v) is 6.26. The zero-order chi connectivity index (χ0) is 18.4. The third kappa shape index (κ3) is 2.05. The summed E-state index contributed by atoms with van der Waals surface area (Å²) in [6, 6.07) is 0. The van der Waals surface area contributed by atoms with Crippen LogP contribution in [0.15, 0.2) is 23.3 Å². The molecule has 0 saturated carbocycles.